The summed E-state index contributed by atoms with van der Waals surface area (Å²) in [5.41, 5.74) is 5.46. The van der Waals surface area contributed by atoms with Gasteiger partial charge >= 0.3 is 0 Å². The van der Waals surface area contributed by atoms with Gasteiger partial charge in [-0.1, -0.05) is 64.0 Å². The van der Waals surface area contributed by atoms with Crippen LogP contribution in [0, 0.1) is 0 Å². The normalized spacial score (nSPS) is 11.4. The fourth-order valence-electron chi connectivity index (χ4n) is 2.04. The molecule has 0 aliphatic rings. The van der Waals surface area contributed by atoms with Gasteiger partial charge in [-0.05, 0) is 38.6 Å². The van der Waals surface area contributed by atoms with E-state index >= 15 is 0 Å². The molecule has 0 atom stereocenters. The Kier molecular flexibility index (Phi) is 15.4. The number of nitrogens with two attached hydrogens (primary N) is 1. The van der Waals surface area contributed by atoms with Crippen LogP contribution in [0.2, 0.25) is 0 Å². The molecule has 0 aromatic heterocycles. The predicted octanol–water partition coefficient (Wildman–Crippen LogP) is 5.20. The Bertz CT molecular complexity index is 152. The van der Waals surface area contributed by atoms with Gasteiger partial charge in [0.05, 0.1) is 0 Å². The van der Waals surface area contributed by atoms with Gasteiger partial charge in [-0.25, -0.2) is 0 Å². The number of hydrogen-bond donors (Lipinski definition) is 1. The molecule has 0 aliphatic carbocycles. The van der Waals surface area contributed by atoms with Gasteiger partial charge in [0.25, 0.3) is 0 Å². The molecule has 17 heavy (non-hydrogen) atoms. The Morgan fingerprint density at radius 3 is 1.65 bits per heavy atom. The first-order valence-corrected chi connectivity index (χ1v) is 7.77. The summed E-state index contributed by atoms with van der Waals surface area (Å²) in [5.74, 6) is 0. The molecule has 0 radical (unpaired) electrons. The van der Waals surface area contributed by atoms with Crippen molar-refractivity contribution >= 4 is 0 Å². The summed E-state index contributed by atoms with van der Waals surface area (Å²) in [4.78, 5) is 0. The molecule has 0 aromatic carbocycles. The van der Waals surface area contributed by atoms with E-state index < -0.39 is 0 Å². The van der Waals surface area contributed by atoms with Gasteiger partial charge < -0.3 is 5.73 Å². The first-order chi connectivity index (χ1) is 8.41. The lowest BCUT2D eigenvalue weighted by molar-refractivity contribution is 0.620. The standard InChI is InChI=1S/C16H33N/c1-2-3-4-5-6-7-8-9-10-11-12-13-14-15-16-17/h8-9H,2-7,10-17H2,1H3. The van der Waals surface area contributed by atoms with E-state index in [1.165, 1.54) is 77.0 Å². The van der Waals surface area contributed by atoms with Crippen LogP contribution in [0.1, 0.15) is 84.0 Å². The van der Waals surface area contributed by atoms with E-state index in [0.717, 1.165) is 6.54 Å². The zero-order chi connectivity index (χ0) is 12.6. The topological polar surface area (TPSA) is 26.0 Å². The van der Waals surface area contributed by atoms with Crippen molar-refractivity contribution in [1.82, 2.24) is 0 Å². The second kappa shape index (κ2) is 15.7. The maximum absolute atomic E-state index is 5.46. The summed E-state index contributed by atoms with van der Waals surface area (Å²) in [7, 11) is 0. The molecule has 0 aliphatic heterocycles. The van der Waals surface area contributed by atoms with Crippen molar-refractivity contribution in [2.75, 3.05) is 6.54 Å². The first kappa shape index (κ1) is 16.7. The van der Waals surface area contributed by atoms with Crippen molar-refractivity contribution in [2.45, 2.75) is 84.0 Å². The van der Waals surface area contributed by atoms with Crippen LogP contribution < -0.4 is 5.73 Å². The van der Waals surface area contributed by atoms with Crippen LogP contribution in [0.5, 0.6) is 0 Å². The molecule has 0 saturated heterocycles. The van der Waals surface area contributed by atoms with Crippen LogP contribution in [0.15, 0.2) is 12.2 Å². The third-order valence-corrected chi connectivity index (χ3v) is 3.22. The zero-order valence-electron chi connectivity index (χ0n) is 11.9. The molecule has 0 rings (SSSR count). The number of hydrogen-bond acceptors (Lipinski definition) is 1. The molecule has 2 N–H and O–H groups in total. The van der Waals surface area contributed by atoms with E-state index in [-0.39, 0.29) is 0 Å². The Labute approximate surface area is 109 Å². The monoisotopic (exact) mass is 239 g/mol. The fraction of sp³-hybridized carbons (Fsp3) is 0.875. The molecule has 0 heterocycles. The van der Waals surface area contributed by atoms with Crippen molar-refractivity contribution in [3.8, 4) is 0 Å². The smallest absolute Gasteiger partial charge is 0.00773 e. The van der Waals surface area contributed by atoms with Crippen LogP contribution in [-0.2, 0) is 0 Å². The van der Waals surface area contributed by atoms with Crippen molar-refractivity contribution in [2.24, 2.45) is 5.73 Å². The maximum atomic E-state index is 5.46. The van der Waals surface area contributed by atoms with Gasteiger partial charge in [0.2, 0.25) is 0 Å². The highest BCUT2D eigenvalue weighted by atomic mass is 14.5. The summed E-state index contributed by atoms with van der Waals surface area (Å²) in [5, 5.41) is 0. The Morgan fingerprint density at radius 2 is 1.12 bits per heavy atom. The van der Waals surface area contributed by atoms with E-state index in [1.807, 2.05) is 0 Å². The minimum absolute atomic E-state index is 0.859. The van der Waals surface area contributed by atoms with E-state index in [1.54, 1.807) is 0 Å². The number of unbranched alkanes of at least 4 members (excludes halogenated alkanes) is 10. The van der Waals surface area contributed by atoms with Crippen LogP contribution in [0.3, 0.4) is 0 Å². The van der Waals surface area contributed by atoms with Crippen molar-refractivity contribution in [1.29, 1.82) is 0 Å². The third-order valence-electron chi connectivity index (χ3n) is 3.22. The van der Waals surface area contributed by atoms with Crippen LogP contribution in [0.4, 0.5) is 0 Å². The molecule has 0 unspecified atom stereocenters. The lowest BCUT2D eigenvalue weighted by atomic mass is 10.1. The summed E-state index contributed by atoms with van der Waals surface area (Å²) < 4.78 is 0. The van der Waals surface area contributed by atoms with Gasteiger partial charge in [0.15, 0.2) is 0 Å². The van der Waals surface area contributed by atoms with E-state index in [9.17, 15) is 0 Å². The second-order valence-electron chi connectivity index (χ2n) is 5.02. The Balaban J connectivity index is 2.99. The molecule has 0 saturated carbocycles. The molecule has 0 spiro atoms. The summed E-state index contributed by atoms with van der Waals surface area (Å²) in [6, 6.07) is 0. The Hall–Kier alpha value is -0.300. The highest BCUT2D eigenvalue weighted by Gasteiger charge is 1.89. The summed E-state index contributed by atoms with van der Waals surface area (Å²) in [6.07, 6.45) is 20.9. The van der Waals surface area contributed by atoms with Crippen molar-refractivity contribution in [3.63, 3.8) is 0 Å². The third kappa shape index (κ3) is 15.7. The minimum atomic E-state index is 0.859. The molecule has 1 heteroatoms. The van der Waals surface area contributed by atoms with E-state index in [2.05, 4.69) is 19.1 Å². The highest BCUT2D eigenvalue weighted by molar-refractivity contribution is 4.81. The summed E-state index contributed by atoms with van der Waals surface area (Å²) in [6.45, 7) is 3.13. The van der Waals surface area contributed by atoms with E-state index in [0.29, 0.717) is 0 Å². The molecular formula is C16H33N. The van der Waals surface area contributed by atoms with Gasteiger partial charge in [0, 0.05) is 0 Å². The quantitative estimate of drug-likeness (QED) is 0.347. The summed E-state index contributed by atoms with van der Waals surface area (Å²) >= 11 is 0. The largest absolute Gasteiger partial charge is 0.330 e. The molecule has 102 valence electrons. The van der Waals surface area contributed by atoms with Crippen LogP contribution >= 0.6 is 0 Å². The van der Waals surface area contributed by atoms with Crippen molar-refractivity contribution in [3.05, 3.63) is 12.2 Å². The SMILES string of the molecule is CCCCCCCC=CCCCCCCCN. The van der Waals surface area contributed by atoms with Crippen LogP contribution in [-0.4, -0.2) is 6.54 Å². The lowest BCUT2D eigenvalue weighted by Gasteiger charge is -1.98. The number of rotatable bonds is 13. The zero-order valence-corrected chi connectivity index (χ0v) is 11.9. The molecular weight excluding hydrogens is 206 g/mol. The average Bonchev–Trinajstić information content (AvgIpc) is 2.35. The van der Waals surface area contributed by atoms with Gasteiger partial charge in [-0.3, -0.25) is 0 Å². The highest BCUT2D eigenvalue weighted by Crippen LogP contribution is 2.08. The average molecular weight is 239 g/mol. The lowest BCUT2D eigenvalue weighted by Crippen LogP contribution is -1.97. The minimum Gasteiger partial charge on any atom is -0.330 e. The molecule has 1 nitrogen and oxygen atoms in total. The maximum Gasteiger partial charge on any atom is -0.00773 e. The molecule has 0 bridgehead atoms. The molecule has 0 aromatic rings. The Morgan fingerprint density at radius 1 is 0.647 bits per heavy atom. The van der Waals surface area contributed by atoms with Crippen LogP contribution in [0.25, 0.3) is 0 Å². The van der Waals surface area contributed by atoms with Gasteiger partial charge in [-0.2, -0.15) is 0 Å². The first-order valence-electron chi connectivity index (χ1n) is 7.77. The van der Waals surface area contributed by atoms with E-state index in [4.69, 9.17) is 5.73 Å². The fourth-order valence-corrected chi connectivity index (χ4v) is 2.04. The van der Waals surface area contributed by atoms with Crippen molar-refractivity contribution < 1.29 is 0 Å². The predicted molar refractivity (Wildman–Crippen MR) is 79.3 cm³/mol. The molecule has 0 fully saturated rings. The van der Waals surface area contributed by atoms with Gasteiger partial charge in [-0.15, -0.1) is 0 Å². The second-order valence-corrected chi connectivity index (χ2v) is 5.02. The molecule has 0 amide bonds. The number of allylic oxidation sites excluding steroid dienone is 2. The van der Waals surface area contributed by atoms with Gasteiger partial charge in [0.1, 0.15) is 0 Å².